The number of ether oxygens (including phenoxy) is 1. The van der Waals surface area contributed by atoms with Crippen LogP contribution >= 0.6 is 11.3 Å². The Bertz CT molecular complexity index is 1770. The number of aromatic nitrogens is 3. The van der Waals surface area contributed by atoms with Crippen LogP contribution in [0.1, 0.15) is 5.82 Å². The molecule has 3 aromatic carbocycles. The van der Waals surface area contributed by atoms with Gasteiger partial charge >= 0.3 is 6.03 Å². The molecule has 0 spiro atoms. The molecular formula is C27H24N6O5S2. The zero-order chi connectivity index (χ0) is 28.1. The summed E-state index contributed by atoms with van der Waals surface area (Å²) in [7, 11) is -3.34. The normalized spacial score (nSPS) is 11.2. The van der Waals surface area contributed by atoms with Crippen LogP contribution in [-0.2, 0) is 21.2 Å². The molecule has 0 unspecified atom stereocenters. The van der Waals surface area contributed by atoms with E-state index in [0.29, 0.717) is 32.6 Å². The van der Waals surface area contributed by atoms with Crippen LogP contribution in [0, 0.1) is 0 Å². The molecule has 40 heavy (non-hydrogen) atoms. The van der Waals surface area contributed by atoms with Crippen molar-refractivity contribution in [1.29, 1.82) is 0 Å². The van der Waals surface area contributed by atoms with Gasteiger partial charge in [-0.3, -0.25) is 10.1 Å². The second-order valence-corrected chi connectivity index (χ2v) is 11.7. The third kappa shape index (κ3) is 6.81. The number of carbonyl (C=O) groups is 2. The molecule has 0 saturated heterocycles. The summed E-state index contributed by atoms with van der Waals surface area (Å²) in [6.07, 6.45) is 2.80. The van der Waals surface area contributed by atoms with Crippen molar-refractivity contribution in [2.45, 2.75) is 11.4 Å². The van der Waals surface area contributed by atoms with E-state index in [4.69, 9.17) is 4.74 Å². The largest absolute Gasteiger partial charge is 0.484 e. The Kier molecular flexibility index (Phi) is 7.75. The van der Waals surface area contributed by atoms with E-state index in [0.717, 1.165) is 17.5 Å². The summed E-state index contributed by atoms with van der Waals surface area (Å²) < 4.78 is 29.8. The second kappa shape index (κ2) is 11.6. The molecule has 0 saturated carbocycles. The minimum Gasteiger partial charge on any atom is -0.484 e. The Morgan fingerprint density at radius 1 is 1.00 bits per heavy atom. The molecule has 5 aromatic rings. The van der Waals surface area contributed by atoms with Crippen LogP contribution in [0.25, 0.3) is 21.5 Å². The zero-order valence-corrected chi connectivity index (χ0v) is 22.8. The van der Waals surface area contributed by atoms with Crippen molar-refractivity contribution in [1.82, 2.24) is 20.3 Å². The van der Waals surface area contributed by atoms with E-state index >= 15 is 0 Å². The maximum atomic E-state index is 12.4. The average molecular weight is 577 g/mol. The summed E-state index contributed by atoms with van der Waals surface area (Å²) in [6.45, 7) is 0.0293. The van der Waals surface area contributed by atoms with E-state index in [2.05, 4.69) is 30.9 Å². The number of anilines is 2. The standard InChI is InChI=1S/C27H24N6O5S2/c1-40(36,37)20-11-12-21-23(13-20)39-27(32-21)33-26(35)29-15-24-28-14-22(31-24)17-7-9-19(10-8-17)38-16-25(34)30-18-5-3-2-4-6-18/h2-14H,15-16H2,1H3,(H,28,31)(H,30,34)(H2,29,32,33,35). The van der Waals surface area contributed by atoms with Gasteiger partial charge in [0.05, 0.1) is 33.5 Å². The molecule has 0 atom stereocenters. The Morgan fingerprint density at radius 3 is 2.52 bits per heavy atom. The SMILES string of the molecule is CS(=O)(=O)c1ccc2nc(NC(=O)NCc3ncc(-c4ccc(OCC(=O)Nc5ccccc5)cc4)[nH]3)sc2c1. The topological polar surface area (TPSA) is 155 Å². The summed E-state index contributed by atoms with van der Waals surface area (Å²) in [5.74, 6) is 0.840. The van der Waals surface area contributed by atoms with Gasteiger partial charge < -0.3 is 20.4 Å². The predicted octanol–water partition coefficient (Wildman–Crippen LogP) is 4.43. The molecular weight excluding hydrogens is 552 g/mol. The van der Waals surface area contributed by atoms with Crippen molar-refractivity contribution in [2.24, 2.45) is 0 Å². The first-order chi connectivity index (χ1) is 19.2. The van der Waals surface area contributed by atoms with Crippen molar-refractivity contribution in [3.63, 3.8) is 0 Å². The maximum Gasteiger partial charge on any atom is 0.321 e. The number of H-pyrrole nitrogens is 1. The minimum atomic E-state index is -3.34. The van der Waals surface area contributed by atoms with Gasteiger partial charge in [0.1, 0.15) is 11.6 Å². The average Bonchev–Trinajstić information content (AvgIpc) is 3.57. The van der Waals surface area contributed by atoms with Crippen LogP contribution in [0.2, 0.25) is 0 Å². The van der Waals surface area contributed by atoms with Crippen LogP contribution in [-0.4, -0.2) is 48.2 Å². The van der Waals surface area contributed by atoms with Crippen molar-refractivity contribution < 1.29 is 22.7 Å². The second-order valence-electron chi connectivity index (χ2n) is 8.70. The first kappa shape index (κ1) is 26.8. The molecule has 0 aliphatic rings. The summed E-state index contributed by atoms with van der Waals surface area (Å²) in [4.78, 5) is 36.4. The van der Waals surface area contributed by atoms with Gasteiger partial charge in [0.25, 0.3) is 5.91 Å². The van der Waals surface area contributed by atoms with Gasteiger partial charge in [-0.05, 0) is 60.2 Å². The third-order valence-corrected chi connectivity index (χ3v) is 7.69. The molecule has 2 aromatic heterocycles. The molecule has 0 radical (unpaired) electrons. The lowest BCUT2D eigenvalue weighted by Crippen LogP contribution is -2.28. The lowest BCUT2D eigenvalue weighted by Gasteiger charge is -2.08. The number of imidazole rings is 1. The van der Waals surface area contributed by atoms with Gasteiger partial charge in [-0.15, -0.1) is 0 Å². The van der Waals surface area contributed by atoms with Crippen LogP contribution in [0.5, 0.6) is 5.75 Å². The molecule has 0 bridgehead atoms. The molecule has 3 amide bonds. The number of aromatic amines is 1. The van der Waals surface area contributed by atoms with Gasteiger partial charge in [0.15, 0.2) is 21.6 Å². The van der Waals surface area contributed by atoms with Crippen molar-refractivity contribution >= 4 is 54.1 Å². The van der Waals surface area contributed by atoms with E-state index in [9.17, 15) is 18.0 Å². The highest BCUT2D eigenvalue weighted by molar-refractivity contribution is 7.90. The van der Waals surface area contributed by atoms with Crippen LogP contribution < -0.4 is 20.7 Å². The summed E-state index contributed by atoms with van der Waals surface area (Å²) in [5, 5.41) is 8.49. The van der Waals surface area contributed by atoms with Gasteiger partial charge in [0.2, 0.25) is 0 Å². The van der Waals surface area contributed by atoms with Gasteiger partial charge in [-0.2, -0.15) is 0 Å². The van der Waals surface area contributed by atoms with E-state index < -0.39 is 15.9 Å². The molecule has 5 rings (SSSR count). The number of thiazole rings is 1. The lowest BCUT2D eigenvalue weighted by molar-refractivity contribution is -0.118. The van der Waals surface area contributed by atoms with E-state index in [1.165, 1.54) is 23.5 Å². The van der Waals surface area contributed by atoms with Crippen molar-refractivity contribution in [2.75, 3.05) is 23.5 Å². The number of para-hydroxylation sites is 1. The monoisotopic (exact) mass is 576 g/mol. The quantitative estimate of drug-likeness (QED) is 0.202. The van der Waals surface area contributed by atoms with E-state index in [-0.39, 0.29) is 24.0 Å². The number of amides is 3. The first-order valence-corrected chi connectivity index (χ1v) is 14.7. The molecule has 0 aliphatic heterocycles. The van der Waals surface area contributed by atoms with Gasteiger partial charge in [0, 0.05) is 11.9 Å². The van der Waals surface area contributed by atoms with E-state index in [1.54, 1.807) is 36.5 Å². The highest BCUT2D eigenvalue weighted by Gasteiger charge is 2.13. The van der Waals surface area contributed by atoms with Crippen LogP contribution in [0.3, 0.4) is 0 Å². The number of sulfone groups is 1. The summed E-state index contributed by atoms with van der Waals surface area (Å²) in [5.41, 5.74) is 2.90. The molecule has 11 nitrogen and oxygen atoms in total. The van der Waals surface area contributed by atoms with Crippen LogP contribution in [0.15, 0.2) is 83.9 Å². The molecule has 204 valence electrons. The fourth-order valence-electron chi connectivity index (χ4n) is 3.69. The highest BCUT2D eigenvalue weighted by atomic mass is 32.2. The number of benzene rings is 3. The zero-order valence-electron chi connectivity index (χ0n) is 21.2. The number of fused-ring (bicyclic) bond motifs is 1. The summed E-state index contributed by atoms with van der Waals surface area (Å²) in [6, 6.07) is 20.5. The van der Waals surface area contributed by atoms with Crippen molar-refractivity contribution in [3.05, 3.63) is 84.8 Å². The number of hydrogen-bond donors (Lipinski definition) is 4. The number of nitrogens with zero attached hydrogens (tertiary/aromatic N) is 2. The van der Waals surface area contributed by atoms with Crippen molar-refractivity contribution in [3.8, 4) is 17.0 Å². The predicted molar refractivity (Wildman–Crippen MR) is 153 cm³/mol. The Morgan fingerprint density at radius 2 is 1.77 bits per heavy atom. The number of hydrogen-bond acceptors (Lipinski definition) is 8. The number of urea groups is 1. The fraction of sp³-hybridized carbons (Fsp3) is 0.111. The minimum absolute atomic E-state index is 0.116. The fourth-order valence-corrected chi connectivity index (χ4v) is 5.31. The third-order valence-electron chi connectivity index (χ3n) is 5.65. The number of rotatable bonds is 9. The lowest BCUT2D eigenvalue weighted by atomic mass is 10.2. The molecule has 4 N–H and O–H groups in total. The highest BCUT2D eigenvalue weighted by Crippen LogP contribution is 2.28. The molecule has 2 heterocycles. The van der Waals surface area contributed by atoms with Crippen LogP contribution in [0.4, 0.5) is 15.6 Å². The first-order valence-electron chi connectivity index (χ1n) is 12.0. The Labute approximate surface area is 233 Å². The number of carbonyl (C=O) groups excluding carboxylic acids is 2. The summed E-state index contributed by atoms with van der Waals surface area (Å²) >= 11 is 1.18. The molecule has 13 heteroatoms. The Hall–Kier alpha value is -4.75. The molecule has 0 aliphatic carbocycles. The van der Waals surface area contributed by atoms with E-state index in [1.807, 2.05) is 30.3 Å². The van der Waals surface area contributed by atoms with Gasteiger partial charge in [-0.1, -0.05) is 29.5 Å². The van der Waals surface area contributed by atoms with Gasteiger partial charge in [-0.25, -0.2) is 23.2 Å². The Balaban J connectivity index is 1.11. The smallest absolute Gasteiger partial charge is 0.321 e. The molecule has 0 fully saturated rings. The maximum absolute atomic E-state index is 12.4. The number of nitrogens with one attached hydrogen (secondary N) is 4.